The van der Waals surface area contributed by atoms with Crippen LogP contribution in [0.1, 0.15) is 6.92 Å². The highest BCUT2D eigenvalue weighted by Gasteiger charge is 2.04. The van der Waals surface area contributed by atoms with E-state index in [1.54, 1.807) is 6.07 Å². The Morgan fingerprint density at radius 1 is 1.77 bits per heavy atom. The summed E-state index contributed by atoms with van der Waals surface area (Å²) in [5.41, 5.74) is 0.485. The Labute approximate surface area is 76.7 Å². The van der Waals surface area contributed by atoms with Crippen LogP contribution in [0.2, 0.25) is 0 Å². The quantitative estimate of drug-likeness (QED) is 0.297. The van der Waals surface area contributed by atoms with Crippen LogP contribution in [0, 0.1) is 11.3 Å². The SMILES string of the molecule is C=C(C#N)/C=C(\C)C(=O)OCCO. The predicted molar refractivity (Wildman–Crippen MR) is 46.6 cm³/mol. The number of carbonyl (C=O) groups is 1. The molecule has 0 atom stereocenters. The molecule has 0 radical (unpaired) electrons. The predicted octanol–water partition coefficient (Wildman–Crippen LogP) is 0.548. The standard InChI is InChI=1S/C9H11NO3/c1-7(6-10)5-8(2)9(12)13-4-3-11/h5,11H,1,3-4H2,2H3/b8-5+. The first-order chi connectivity index (χ1) is 6.11. The number of hydrogen-bond donors (Lipinski definition) is 1. The van der Waals surface area contributed by atoms with Crippen molar-refractivity contribution in [2.75, 3.05) is 13.2 Å². The van der Waals surface area contributed by atoms with Crippen molar-refractivity contribution in [1.82, 2.24) is 0 Å². The molecule has 4 heteroatoms. The molecular weight excluding hydrogens is 170 g/mol. The Hall–Kier alpha value is -1.60. The van der Waals surface area contributed by atoms with E-state index in [0.29, 0.717) is 5.57 Å². The lowest BCUT2D eigenvalue weighted by atomic mass is 10.2. The molecule has 0 bridgehead atoms. The van der Waals surface area contributed by atoms with Crippen molar-refractivity contribution < 1.29 is 14.6 Å². The highest BCUT2D eigenvalue weighted by Crippen LogP contribution is 2.01. The topological polar surface area (TPSA) is 70.3 Å². The van der Waals surface area contributed by atoms with Gasteiger partial charge in [-0.05, 0) is 13.0 Å². The maximum absolute atomic E-state index is 11.0. The van der Waals surface area contributed by atoms with E-state index >= 15 is 0 Å². The number of nitrogens with zero attached hydrogens (tertiary/aromatic N) is 1. The van der Waals surface area contributed by atoms with Gasteiger partial charge in [-0.3, -0.25) is 0 Å². The maximum atomic E-state index is 11.0. The van der Waals surface area contributed by atoms with Crippen LogP contribution in [0.3, 0.4) is 0 Å². The molecular formula is C9H11NO3. The van der Waals surface area contributed by atoms with Crippen LogP contribution in [0.15, 0.2) is 23.8 Å². The van der Waals surface area contributed by atoms with E-state index < -0.39 is 5.97 Å². The molecule has 0 aromatic heterocycles. The summed E-state index contributed by atoms with van der Waals surface area (Å²) in [6.07, 6.45) is 1.33. The van der Waals surface area contributed by atoms with Gasteiger partial charge in [0.25, 0.3) is 0 Å². The molecule has 13 heavy (non-hydrogen) atoms. The number of hydrogen-bond acceptors (Lipinski definition) is 4. The number of esters is 1. The summed E-state index contributed by atoms with van der Waals surface area (Å²) in [5, 5.41) is 16.7. The number of allylic oxidation sites excluding steroid dienone is 2. The van der Waals surface area contributed by atoms with E-state index in [2.05, 4.69) is 11.3 Å². The third-order valence-electron chi connectivity index (χ3n) is 1.18. The van der Waals surface area contributed by atoms with Gasteiger partial charge in [0.15, 0.2) is 0 Å². The van der Waals surface area contributed by atoms with Gasteiger partial charge < -0.3 is 9.84 Å². The van der Waals surface area contributed by atoms with Gasteiger partial charge in [0, 0.05) is 11.1 Å². The first-order valence-corrected chi connectivity index (χ1v) is 3.67. The second-order valence-corrected chi connectivity index (χ2v) is 2.32. The second-order valence-electron chi connectivity index (χ2n) is 2.32. The smallest absolute Gasteiger partial charge is 0.333 e. The van der Waals surface area contributed by atoms with Crippen molar-refractivity contribution in [1.29, 1.82) is 5.26 Å². The lowest BCUT2D eigenvalue weighted by molar-refractivity contribution is -0.139. The zero-order chi connectivity index (χ0) is 10.3. The average molecular weight is 181 g/mol. The lowest BCUT2D eigenvalue weighted by Gasteiger charge is -2.01. The van der Waals surface area contributed by atoms with Crippen molar-refractivity contribution in [3.63, 3.8) is 0 Å². The first-order valence-electron chi connectivity index (χ1n) is 3.67. The molecule has 0 rings (SSSR count). The number of carbonyl (C=O) groups excluding carboxylic acids is 1. The average Bonchev–Trinajstić information content (AvgIpc) is 2.13. The fourth-order valence-electron chi connectivity index (χ4n) is 0.605. The highest BCUT2D eigenvalue weighted by atomic mass is 16.5. The zero-order valence-corrected chi connectivity index (χ0v) is 7.41. The van der Waals surface area contributed by atoms with Gasteiger partial charge >= 0.3 is 5.97 Å². The largest absolute Gasteiger partial charge is 0.460 e. The van der Waals surface area contributed by atoms with Crippen molar-refractivity contribution in [2.45, 2.75) is 6.92 Å². The molecule has 0 saturated heterocycles. The normalized spacial score (nSPS) is 10.4. The molecule has 0 aliphatic rings. The van der Waals surface area contributed by atoms with Crippen LogP contribution < -0.4 is 0 Å². The zero-order valence-electron chi connectivity index (χ0n) is 7.41. The van der Waals surface area contributed by atoms with E-state index in [0.717, 1.165) is 0 Å². The number of aliphatic hydroxyl groups excluding tert-OH is 1. The van der Waals surface area contributed by atoms with Crippen LogP contribution in [0.4, 0.5) is 0 Å². The van der Waals surface area contributed by atoms with Crippen LogP contribution in [0.25, 0.3) is 0 Å². The first kappa shape index (κ1) is 11.4. The van der Waals surface area contributed by atoms with Crippen LogP contribution >= 0.6 is 0 Å². The number of ether oxygens (including phenoxy) is 1. The van der Waals surface area contributed by atoms with Gasteiger partial charge in [-0.1, -0.05) is 6.58 Å². The van der Waals surface area contributed by atoms with E-state index in [4.69, 9.17) is 10.4 Å². The Balaban J connectivity index is 4.18. The molecule has 0 heterocycles. The lowest BCUT2D eigenvalue weighted by Crippen LogP contribution is -2.09. The third-order valence-corrected chi connectivity index (χ3v) is 1.18. The minimum atomic E-state index is -0.551. The fraction of sp³-hybridized carbons (Fsp3) is 0.333. The van der Waals surface area contributed by atoms with E-state index in [1.807, 2.05) is 0 Å². The molecule has 1 N–H and O–H groups in total. The molecule has 4 nitrogen and oxygen atoms in total. The summed E-state index contributed by atoms with van der Waals surface area (Å²) in [6, 6.07) is 1.78. The fourth-order valence-corrected chi connectivity index (χ4v) is 0.605. The summed E-state index contributed by atoms with van der Waals surface area (Å²) in [7, 11) is 0. The van der Waals surface area contributed by atoms with Gasteiger partial charge in [0.1, 0.15) is 6.61 Å². The van der Waals surface area contributed by atoms with Crippen LogP contribution in [-0.4, -0.2) is 24.3 Å². The highest BCUT2D eigenvalue weighted by molar-refractivity contribution is 5.88. The number of nitriles is 1. The maximum Gasteiger partial charge on any atom is 0.333 e. The summed E-state index contributed by atoms with van der Waals surface area (Å²) in [4.78, 5) is 11.0. The van der Waals surface area contributed by atoms with Crippen molar-refractivity contribution in [2.24, 2.45) is 0 Å². The minimum Gasteiger partial charge on any atom is -0.460 e. The Morgan fingerprint density at radius 3 is 2.85 bits per heavy atom. The molecule has 70 valence electrons. The van der Waals surface area contributed by atoms with Gasteiger partial charge in [-0.25, -0.2) is 4.79 Å². The Morgan fingerprint density at radius 2 is 2.38 bits per heavy atom. The Bertz CT molecular complexity index is 273. The summed E-state index contributed by atoms with van der Waals surface area (Å²) >= 11 is 0. The van der Waals surface area contributed by atoms with Gasteiger partial charge in [-0.2, -0.15) is 5.26 Å². The van der Waals surface area contributed by atoms with E-state index in [9.17, 15) is 4.79 Å². The summed E-state index contributed by atoms with van der Waals surface area (Å²) in [6.45, 7) is 4.65. The second kappa shape index (κ2) is 5.98. The molecule has 0 aliphatic carbocycles. The van der Waals surface area contributed by atoms with Crippen molar-refractivity contribution >= 4 is 5.97 Å². The molecule has 0 unspecified atom stereocenters. The molecule has 0 spiro atoms. The van der Waals surface area contributed by atoms with Gasteiger partial charge in [0.2, 0.25) is 0 Å². The molecule has 0 saturated carbocycles. The van der Waals surface area contributed by atoms with Crippen LogP contribution in [-0.2, 0) is 9.53 Å². The van der Waals surface area contributed by atoms with E-state index in [-0.39, 0.29) is 18.8 Å². The van der Waals surface area contributed by atoms with Crippen molar-refractivity contribution in [3.05, 3.63) is 23.8 Å². The summed E-state index contributed by atoms with van der Waals surface area (Å²) in [5.74, 6) is -0.551. The molecule has 0 fully saturated rings. The molecule has 0 amide bonds. The third kappa shape index (κ3) is 4.77. The van der Waals surface area contributed by atoms with Crippen LogP contribution in [0.5, 0.6) is 0 Å². The van der Waals surface area contributed by atoms with Gasteiger partial charge in [-0.15, -0.1) is 0 Å². The Kier molecular flexibility index (Phi) is 5.24. The summed E-state index contributed by atoms with van der Waals surface area (Å²) < 4.78 is 4.59. The monoisotopic (exact) mass is 181 g/mol. The van der Waals surface area contributed by atoms with Gasteiger partial charge in [0.05, 0.1) is 12.7 Å². The van der Waals surface area contributed by atoms with Crippen molar-refractivity contribution in [3.8, 4) is 6.07 Å². The minimum absolute atomic E-state index is 0.0386. The number of rotatable bonds is 4. The molecule has 0 aromatic carbocycles. The molecule has 0 aliphatic heterocycles. The number of aliphatic hydroxyl groups is 1. The van der Waals surface area contributed by atoms with E-state index in [1.165, 1.54) is 13.0 Å². The molecule has 0 aromatic rings.